The number of aromatic nitrogens is 3. The molecule has 2 rings (SSSR count). The molecule has 0 aliphatic rings. The van der Waals surface area contributed by atoms with Gasteiger partial charge in [-0.2, -0.15) is 0 Å². The lowest BCUT2D eigenvalue weighted by molar-refractivity contribution is 0.576. The van der Waals surface area contributed by atoms with Gasteiger partial charge in [0.25, 0.3) is 0 Å². The van der Waals surface area contributed by atoms with Gasteiger partial charge in [0, 0.05) is 11.9 Å². The minimum atomic E-state index is -0.123. The van der Waals surface area contributed by atoms with Gasteiger partial charge in [-0.1, -0.05) is 16.8 Å². The number of nitrogens with one attached hydrogen (secondary N) is 1. The quantitative estimate of drug-likeness (QED) is 0.625. The lowest BCUT2D eigenvalue weighted by Crippen LogP contribution is -2.29. The molecule has 2 aromatic heterocycles. The van der Waals surface area contributed by atoms with Crippen molar-refractivity contribution in [2.24, 2.45) is 12.9 Å². The number of hydrogen-bond acceptors (Lipinski definition) is 5. The van der Waals surface area contributed by atoms with Crippen molar-refractivity contribution in [3.8, 4) is 0 Å². The normalized spacial score (nSPS) is 13.0. The van der Waals surface area contributed by atoms with Gasteiger partial charge in [-0.05, 0) is 12.1 Å². The number of thiophene rings is 1. The molecule has 0 saturated carbocycles. The molecule has 0 aliphatic carbocycles. The fraction of sp³-hybridized carbons (Fsp3) is 0.250. The van der Waals surface area contributed by atoms with Gasteiger partial charge in [0.1, 0.15) is 0 Å². The van der Waals surface area contributed by atoms with Gasteiger partial charge >= 0.3 is 0 Å². The van der Waals surface area contributed by atoms with E-state index in [1.807, 2.05) is 19.2 Å². The summed E-state index contributed by atoms with van der Waals surface area (Å²) in [6, 6.07) is 3.66. The monoisotopic (exact) mass is 243 g/mol. The van der Waals surface area contributed by atoms with Crippen LogP contribution in [0.5, 0.6) is 0 Å². The predicted molar refractivity (Wildman–Crippen MR) is 59.5 cm³/mol. The highest BCUT2D eigenvalue weighted by Crippen LogP contribution is 2.29. The summed E-state index contributed by atoms with van der Waals surface area (Å²) in [5.74, 6) is 5.52. The number of hydrazine groups is 1. The molecule has 7 heteroatoms. The molecule has 0 amide bonds. The number of halogens is 1. The van der Waals surface area contributed by atoms with E-state index in [1.165, 1.54) is 11.3 Å². The Balaban J connectivity index is 2.36. The van der Waals surface area contributed by atoms with Crippen LogP contribution in [0, 0.1) is 0 Å². The third kappa shape index (κ3) is 2.03. The summed E-state index contributed by atoms with van der Waals surface area (Å²) in [6.45, 7) is 0. The van der Waals surface area contributed by atoms with Crippen LogP contribution >= 0.6 is 22.9 Å². The first kappa shape index (κ1) is 10.6. The number of nitrogens with zero attached hydrogens (tertiary/aromatic N) is 3. The van der Waals surface area contributed by atoms with Gasteiger partial charge < -0.3 is 0 Å². The van der Waals surface area contributed by atoms with Crippen LogP contribution in [0.3, 0.4) is 0 Å². The van der Waals surface area contributed by atoms with Gasteiger partial charge in [-0.25, -0.2) is 5.43 Å². The van der Waals surface area contributed by atoms with Gasteiger partial charge in [0.15, 0.2) is 0 Å². The van der Waals surface area contributed by atoms with Crippen LogP contribution < -0.4 is 11.3 Å². The largest absolute Gasteiger partial charge is 0.270 e. The molecule has 2 aromatic rings. The molecule has 80 valence electrons. The summed E-state index contributed by atoms with van der Waals surface area (Å²) in [5, 5.41) is 7.67. The molecule has 2 heterocycles. The molecule has 0 bridgehead atoms. The van der Waals surface area contributed by atoms with E-state index in [1.54, 1.807) is 10.9 Å². The third-order valence-electron chi connectivity index (χ3n) is 2.09. The van der Waals surface area contributed by atoms with Crippen LogP contribution in [0.1, 0.15) is 16.6 Å². The van der Waals surface area contributed by atoms with E-state index in [0.717, 1.165) is 14.9 Å². The van der Waals surface area contributed by atoms with Gasteiger partial charge in [-0.15, -0.1) is 16.4 Å². The number of hydrogen-bond donors (Lipinski definition) is 2. The van der Waals surface area contributed by atoms with Crippen LogP contribution in [0.15, 0.2) is 18.3 Å². The smallest absolute Gasteiger partial charge is 0.0986 e. The second-order valence-electron chi connectivity index (χ2n) is 3.02. The maximum absolute atomic E-state index is 5.87. The SMILES string of the molecule is Cn1nncc1C(NN)c1ccc(Cl)s1. The van der Waals surface area contributed by atoms with Crippen LogP contribution in [0.2, 0.25) is 4.34 Å². The Hall–Kier alpha value is -0.950. The van der Waals surface area contributed by atoms with Crippen LogP contribution in [-0.2, 0) is 7.05 Å². The van der Waals surface area contributed by atoms with Crippen LogP contribution in [-0.4, -0.2) is 15.0 Å². The predicted octanol–water partition coefficient (Wildman–Crippen LogP) is 1.08. The summed E-state index contributed by atoms with van der Waals surface area (Å²) in [6.07, 6.45) is 1.68. The van der Waals surface area contributed by atoms with Crippen molar-refractivity contribution in [1.82, 2.24) is 20.4 Å². The molecule has 0 saturated heterocycles. The molecule has 15 heavy (non-hydrogen) atoms. The van der Waals surface area contributed by atoms with Crippen molar-refractivity contribution >= 4 is 22.9 Å². The number of aryl methyl sites for hydroxylation is 1. The molecule has 0 spiro atoms. The van der Waals surface area contributed by atoms with E-state index in [9.17, 15) is 0 Å². The van der Waals surface area contributed by atoms with Crippen molar-refractivity contribution in [3.63, 3.8) is 0 Å². The molecular weight excluding hydrogens is 234 g/mol. The molecule has 0 aliphatic heterocycles. The highest BCUT2D eigenvalue weighted by atomic mass is 35.5. The van der Waals surface area contributed by atoms with Crippen molar-refractivity contribution in [2.45, 2.75) is 6.04 Å². The summed E-state index contributed by atoms with van der Waals surface area (Å²) < 4.78 is 2.42. The standard InChI is InChI=1S/C8H10ClN5S/c1-14-5(4-11-13-14)8(12-10)6-2-3-7(9)15-6/h2-4,8,12H,10H2,1H3. The third-order valence-corrected chi connectivity index (χ3v) is 3.39. The average Bonchev–Trinajstić information content (AvgIpc) is 2.79. The second kappa shape index (κ2) is 4.28. The molecule has 0 radical (unpaired) electrons. The average molecular weight is 244 g/mol. The molecule has 0 fully saturated rings. The Bertz CT molecular complexity index is 451. The Kier molecular flexibility index (Phi) is 3.01. The zero-order valence-corrected chi connectivity index (χ0v) is 9.59. The lowest BCUT2D eigenvalue weighted by atomic mass is 10.2. The molecule has 1 unspecified atom stereocenters. The van der Waals surface area contributed by atoms with E-state index in [4.69, 9.17) is 17.4 Å². The fourth-order valence-electron chi connectivity index (χ4n) is 1.36. The van der Waals surface area contributed by atoms with E-state index < -0.39 is 0 Å². The number of rotatable bonds is 3. The Morgan fingerprint density at radius 2 is 2.40 bits per heavy atom. The van der Waals surface area contributed by atoms with Crippen LogP contribution in [0.25, 0.3) is 0 Å². The fourth-order valence-corrected chi connectivity index (χ4v) is 2.49. The summed E-state index contributed by atoms with van der Waals surface area (Å²) in [5.41, 5.74) is 3.62. The first-order valence-electron chi connectivity index (χ1n) is 4.28. The van der Waals surface area contributed by atoms with E-state index in [0.29, 0.717) is 0 Å². The summed E-state index contributed by atoms with van der Waals surface area (Å²) in [4.78, 5) is 1.04. The van der Waals surface area contributed by atoms with Crippen molar-refractivity contribution in [2.75, 3.05) is 0 Å². The van der Waals surface area contributed by atoms with Crippen molar-refractivity contribution < 1.29 is 0 Å². The second-order valence-corrected chi connectivity index (χ2v) is 4.77. The van der Waals surface area contributed by atoms with Gasteiger partial charge in [0.2, 0.25) is 0 Å². The van der Waals surface area contributed by atoms with Crippen molar-refractivity contribution in [1.29, 1.82) is 0 Å². The van der Waals surface area contributed by atoms with Gasteiger partial charge in [-0.3, -0.25) is 10.5 Å². The number of nitrogens with two attached hydrogens (primary N) is 1. The minimum absolute atomic E-state index is 0.123. The topological polar surface area (TPSA) is 68.8 Å². The highest BCUT2D eigenvalue weighted by molar-refractivity contribution is 7.16. The van der Waals surface area contributed by atoms with E-state index in [2.05, 4.69) is 15.7 Å². The Labute approximate surface area is 95.8 Å². The maximum atomic E-state index is 5.87. The molecule has 3 N–H and O–H groups in total. The van der Waals surface area contributed by atoms with Crippen molar-refractivity contribution in [3.05, 3.63) is 33.2 Å². The molecular formula is C8H10ClN5S. The Morgan fingerprint density at radius 3 is 2.87 bits per heavy atom. The van der Waals surface area contributed by atoms with E-state index >= 15 is 0 Å². The lowest BCUT2D eigenvalue weighted by Gasteiger charge is -2.13. The molecule has 1 atom stereocenters. The molecule has 0 aromatic carbocycles. The maximum Gasteiger partial charge on any atom is 0.0986 e. The first-order chi connectivity index (χ1) is 7.22. The summed E-state index contributed by atoms with van der Waals surface area (Å²) in [7, 11) is 1.82. The minimum Gasteiger partial charge on any atom is -0.270 e. The van der Waals surface area contributed by atoms with Gasteiger partial charge in [0.05, 0.1) is 22.3 Å². The van der Waals surface area contributed by atoms with Crippen LogP contribution in [0.4, 0.5) is 0 Å². The molecule has 5 nitrogen and oxygen atoms in total. The highest BCUT2D eigenvalue weighted by Gasteiger charge is 2.18. The first-order valence-corrected chi connectivity index (χ1v) is 5.47. The summed E-state index contributed by atoms with van der Waals surface area (Å²) >= 11 is 7.36. The zero-order chi connectivity index (χ0) is 10.8. The van der Waals surface area contributed by atoms with E-state index in [-0.39, 0.29) is 6.04 Å². The Morgan fingerprint density at radius 1 is 1.60 bits per heavy atom. The zero-order valence-electron chi connectivity index (χ0n) is 8.01.